The van der Waals surface area contributed by atoms with E-state index in [1.165, 1.54) is 0 Å². The van der Waals surface area contributed by atoms with Gasteiger partial charge in [-0.15, -0.1) is 0 Å². The van der Waals surface area contributed by atoms with Crippen LogP contribution < -0.4 is 5.32 Å². The molecule has 3 aromatic heterocycles. The molecule has 27 heavy (non-hydrogen) atoms. The van der Waals surface area contributed by atoms with Crippen LogP contribution in [0.3, 0.4) is 0 Å². The first-order chi connectivity index (χ1) is 13.3. The molecule has 0 aliphatic rings. The molecule has 132 valence electrons. The van der Waals surface area contributed by atoms with Crippen molar-refractivity contribution < 1.29 is 0 Å². The number of benzene rings is 1. The van der Waals surface area contributed by atoms with Crippen molar-refractivity contribution in [1.29, 1.82) is 0 Å². The maximum Gasteiger partial charge on any atom is 0.163 e. The molecule has 0 radical (unpaired) electrons. The number of rotatable bonds is 5. The van der Waals surface area contributed by atoms with Crippen molar-refractivity contribution in [2.45, 2.75) is 13.5 Å². The summed E-state index contributed by atoms with van der Waals surface area (Å²) in [6.07, 6.45) is 7.11. The highest BCUT2D eigenvalue weighted by Crippen LogP contribution is 2.24. The average Bonchev–Trinajstić information content (AvgIpc) is 2.74. The second kappa shape index (κ2) is 7.70. The summed E-state index contributed by atoms with van der Waals surface area (Å²) in [5.74, 6) is 2.05. The predicted molar refractivity (Wildman–Crippen MR) is 105 cm³/mol. The van der Waals surface area contributed by atoms with E-state index in [1.807, 2.05) is 55.5 Å². The van der Waals surface area contributed by atoms with Crippen molar-refractivity contribution in [3.8, 4) is 22.6 Å². The largest absolute Gasteiger partial charge is 0.363 e. The van der Waals surface area contributed by atoms with Gasteiger partial charge in [-0.25, -0.2) is 19.9 Å². The monoisotopic (exact) mass is 354 g/mol. The fraction of sp³-hybridized carbons (Fsp3) is 0.0952. The Kier molecular flexibility index (Phi) is 4.78. The van der Waals surface area contributed by atoms with E-state index in [9.17, 15) is 0 Å². The molecular formula is C21H18N6. The number of pyridine rings is 1. The van der Waals surface area contributed by atoms with E-state index in [1.54, 1.807) is 24.8 Å². The third kappa shape index (κ3) is 4.12. The third-order valence-electron chi connectivity index (χ3n) is 3.98. The van der Waals surface area contributed by atoms with Gasteiger partial charge >= 0.3 is 0 Å². The van der Waals surface area contributed by atoms with Gasteiger partial charge in [-0.05, 0) is 24.6 Å². The first kappa shape index (κ1) is 16.8. The van der Waals surface area contributed by atoms with E-state index >= 15 is 0 Å². The zero-order valence-corrected chi connectivity index (χ0v) is 14.9. The molecule has 3 heterocycles. The molecule has 6 heteroatoms. The second-order valence-electron chi connectivity index (χ2n) is 6.10. The number of aromatic nitrogens is 5. The molecule has 0 bridgehead atoms. The molecule has 0 unspecified atom stereocenters. The van der Waals surface area contributed by atoms with Gasteiger partial charge in [-0.2, -0.15) is 0 Å². The first-order valence-electron chi connectivity index (χ1n) is 8.64. The van der Waals surface area contributed by atoms with Gasteiger partial charge in [-0.3, -0.25) is 4.98 Å². The van der Waals surface area contributed by atoms with E-state index in [0.29, 0.717) is 24.0 Å². The summed E-state index contributed by atoms with van der Waals surface area (Å²) in [6.45, 7) is 2.45. The minimum absolute atomic E-state index is 0.484. The Hall–Kier alpha value is -3.67. The normalized spacial score (nSPS) is 10.6. The fourth-order valence-electron chi connectivity index (χ4n) is 2.60. The Morgan fingerprint density at radius 2 is 1.63 bits per heavy atom. The number of hydrogen-bond acceptors (Lipinski definition) is 6. The van der Waals surface area contributed by atoms with E-state index in [4.69, 9.17) is 4.98 Å². The Balaban J connectivity index is 1.68. The van der Waals surface area contributed by atoms with Gasteiger partial charge in [0.25, 0.3) is 0 Å². The third-order valence-corrected chi connectivity index (χ3v) is 3.98. The summed E-state index contributed by atoms with van der Waals surface area (Å²) in [6, 6.07) is 15.8. The van der Waals surface area contributed by atoms with E-state index in [2.05, 4.69) is 25.3 Å². The van der Waals surface area contributed by atoms with Crippen LogP contribution >= 0.6 is 0 Å². The summed E-state index contributed by atoms with van der Waals surface area (Å²) in [5, 5.41) is 3.30. The lowest BCUT2D eigenvalue weighted by Crippen LogP contribution is -2.07. The Morgan fingerprint density at radius 3 is 2.37 bits per heavy atom. The summed E-state index contributed by atoms with van der Waals surface area (Å²) < 4.78 is 0. The number of anilines is 1. The maximum absolute atomic E-state index is 4.72. The molecule has 6 nitrogen and oxygen atoms in total. The minimum Gasteiger partial charge on any atom is -0.363 e. The van der Waals surface area contributed by atoms with Crippen molar-refractivity contribution in [2.24, 2.45) is 0 Å². The lowest BCUT2D eigenvalue weighted by Gasteiger charge is -2.10. The molecule has 0 aliphatic heterocycles. The van der Waals surface area contributed by atoms with Gasteiger partial charge in [0.1, 0.15) is 11.6 Å². The van der Waals surface area contributed by atoms with Crippen LogP contribution in [-0.4, -0.2) is 24.9 Å². The van der Waals surface area contributed by atoms with Gasteiger partial charge in [0, 0.05) is 42.0 Å². The van der Waals surface area contributed by atoms with Crippen molar-refractivity contribution in [3.63, 3.8) is 0 Å². The van der Waals surface area contributed by atoms with Crippen molar-refractivity contribution >= 4 is 5.82 Å². The van der Waals surface area contributed by atoms with Crippen LogP contribution in [0.25, 0.3) is 22.6 Å². The molecule has 0 atom stereocenters. The van der Waals surface area contributed by atoms with Crippen LogP contribution in [0.4, 0.5) is 5.82 Å². The van der Waals surface area contributed by atoms with E-state index < -0.39 is 0 Å². The zero-order valence-electron chi connectivity index (χ0n) is 14.9. The Labute approximate surface area is 157 Å². The van der Waals surface area contributed by atoms with Crippen LogP contribution in [-0.2, 0) is 6.54 Å². The van der Waals surface area contributed by atoms with E-state index in [-0.39, 0.29) is 0 Å². The molecule has 4 aromatic rings. The van der Waals surface area contributed by atoms with E-state index in [0.717, 1.165) is 22.4 Å². The molecule has 1 N–H and O–H groups in total. The smallest absolute Gasteiger partial charge is 0.163 e. The highest BCUT2D eigenvalue weighted by atomic mass is 15.1. The van der Waals surface area contributed by atoms with Gasteiger partial charge in [0.05, 0.1) is 12.2 Å². The lowest BCUT2D eigenvalue weighted by molar-refractivity contribution is 0.929. The number of aryl methyl sites for hydroxylation is 1. The Bertz CT molecular complexity index is 960. The SMILES string of the molecule is Cc1cnc(CNc2cc(-c3ccccc3)nc(-c3cccnc3)n2)nc1. The number of hydrogen-bond donors (Lipinski definition) is 1. The standard InChI is InChI=1S/C21H18N6/c1-15-11-23-20(24-12-15)14-25-19-10-18(16-6-3-2-4-7-16)26-21(27-19)17-8-5-9-22-13-17/h2-13H,14H2,1H3,(H,25,26,27). The molecule has 0 saturated carbocycles. The average molecular weight is 354 g/mol. The highest BCUT2D eigenvalue weighted by molar-refractivity contribution is 5.67. The molecular weight excluding hydrogens is 336 g/mol. The molecule has 0 spiro atoms. The number of nitrogens with zero attached hydrogens (tertiary/aromatic N) is 5. The summed E-state index contributed by atoms with van der Waals surface area (Å²) >= 11 is 0. The van der Waals surface area contributed by atoms with Crippen LogP contribution in [0.2, 0.25) is 0 Å². The van der Waals surface area contributed by atoms with Gasteiger partial charge in [-0.1, -0.05) is 30.3 Å². The molecule has 0 aliphatic carbocycles. The van der Waals surface area contributed by atoms with Crippen molar-refractivity contribution in [1.82, 2.24) is 24.9 Å². The van der Waals surface area contributed by atoms with Gasteiger partial charge in [0.15, 0.2) is 5.82 Å². The fourth-order valence-corrected chi connectivity index (χ4v) is 2.60. The Morgan fingerprint density at radius 1 is 0.852 bits per heavy atom. The highest BCUT2D eigenvalue weighted by Gasteiger charge is 2.09. The topological polar surface area (TPSA) is 76.5 Å². The van der Waals surface area contributed by atoms with Crippen LogP contribution in [0.5, 0.6) is 0 Å². The summed E-state index contributed by atoms with van der Waals surface area (Å²) in [4.78, 5) is 22.2. The minimum atomic E-state index is 0.484. The molecule has 0 saturated heterocycles. The lowest BCUT2D eigenvalue weighted by atomic mass is 10.1. The van der Waals surface area contributed by atoms with Crippen molar-refractivity contribution in [3.05, 3.63) is 84.7 Å². The number of nitrogens with one attached hydrogen (secondary N) is 1. The van der Waals surface area contributed by atoms with Crippen LogP contribution in [0, 0.1) is 6.92 Å². The quantitative estimate of drug-likeness (QED) is 0.585. The maximum atomic E-state index is 4.72. The molecule has 0 fully saturated rings. The first-order valence-corrected chi connectivity index (χ1v) is 8.64. The molecule has 1 aromatic carbocycles. The molecule has 4 rings (SSSR count). The predicted octanol–water partition coefficient (Wildman–Crippen LogP) is 3.92. The zero-order chi connectivity index (χ0) is 18.5. The van der Waals surface area contributed by atoms with Gasteiger partial charge < -0.3 is 5.32 Å². The summed E-state index contributed by atoms with van der Waals surface area (Å²) in [7, 11) is 0. The second-order valence-corrected chi connectivity index (χ2v) is 6.10. The van der Waals surface area contributed by atoms with Crippen LogP contribution in [0.15, 0.2) is 73.3 Å². The van der Waals surface area contributed by atoms with Crippen LogP contribution in [0.1, 0.15) is 11.4 Å². The summed E-state index contributed by atoms with van der Waals surface area (Å²) in [5.41, 5.74) is 3.77. The van der Waals surface area contributed by atoms with Gasteiger partial charge in [0.2, 0.25) is 0 Å². The molecule has 0 amide bonds. The van der Waals surface area contributed by atoms with Crippen molar-refractivity contribution in [2.75, 3.05) is 5.32 Å².